The van der Waals surface area contributed by atoms with E-state index in [0.29, 0.717) is 5.92 Å². The van der Waals surface area contributed by atoms with Gasteiger partial charge in [-0.2, -0.15) is 0 Å². The summed E-state index contributed by atoms with van der Waals surface area (Å²) in [5.74, 6) is 0.528. The molecule has 2 nitrogen and oxygen atoms in total. The van der Waals surface area contributed by atoms with Gasteiger partial charge in [-0.15, -0.1) is 0 Å². The largest absolute Gasteiger partial charge is 0.383 e. The van der Waals surface area contributed by atoms with Gasteiger partial charge in [-0.25, -0.2) is 0 Å². The van der Waals surface area contributed by atoms with Crippen LogP contribution in [0.1, 0.15) is 61.9 Å². The highest BCUT2D eigenvalue weighted by atomic mass is 16.1. The van der Waals surface area contributed by atoms with Crippen LogP contribution in [0.4, 0.5) is 0 Å². The number of hydrogen-bond acceptors (Lipinski definition) is 2. The third-order valence-corrected chi connectivity index (χ3v) is 4.06. The van der Waals surface area contributed by atoms with Crippen molar-refractivity contribution < 1.29 is 4.79 Å². The van der Waals surface area contributed by atoms with E-state index in [0.717, 1.165) is 24.0 Å². The van der Waals surface area contributed by atoms with Crippen molar-refractivity contribution in [3.63, 3.8) is 0 Å². The molecule has 0 fully saturated rings. The van der Waals surface area contributed by atoms with Crippen LogP contribution in [0.15, 0.2) is 36.0 Å². The zero-order chi connectivity index (χ0) is 16.5. The fourth-order valence-electron chi connectivity index (χ4n) is 2.72. The Kier molecular flexibility index (Phi) is 7.94. The van der Waals surface area contributed by atoms with Gasteiger partial charge in [0.15, 0.2) is 5.78 Å². The van der Waals surface area contributed by atoms with E-state index < -0.39 is 0 Å². The maximum absolute atomic E-state index is 12.9. The molecule has 0 N–H and O–H groups in total. The molecule has 122 valence electrons. The Labute approximate surface area is 136 Å². The van der Waals surface area contributed by atoms with Gasteiger partial charge in [-0.3, -0.25) is 4.79 Å². The normalized spacial score (nSPS) is 13.0. The van der Waals surface area contributed by atoms with Crippen molar-refractivity contribution in [3.8, 4) is 0 Å². The Morgan fingerprint density at radius 2 is 1.77 bits per heavy atom. The van der Waals surface area contributed by atoms with Gasteiger partial charge in [0.25, 0.3) is 0 Å². The minimum absolute atomic E-state index is 0.178. The first-order chi connectivity index (χ1) is 10.5. The first-order valence-electron chi connectivity index (χ1n) is 8.49. The lowest BCUT2D eigenvalue weighted by Gasteiger charge is -2.20. The minimum Gasteiger partial charge on any atom is -0.383 e. The zero-order valence-electron chi connectivity index (χ0n) is 14.9. The molecule has 0 aliphatic heterocycles. The third-order valence-electron chi connectivity index (χ3n) is 4.06. The number of Topliss-reactive ketones (excluding diaryl/α,β-unsaturated/α-hetero) is 1. The highest BCUT2D eigenvalue weighted by Gasteiger charge is 2.21. The van der Waals surface area contributed by atoms with E-state index in [1.165, 1.54) is 24.8 Å². The molecule has 0 heterocycles. The number of aryl methyl sites for hydroxylation is 1. The van der Waals surface area contributed by atoms with E-state index in [1.807, 2.05) is 56.4 Å². The standard InChI is InChI=1S/C20H31NO/c1-6-8-9-10-17(7-2)19(15-21(4)5)20(22)18-13-11-16(3)12-14-18/h11-15,17H,6-10H2,1-5H3/b19-15-. The van der Waals surface area contributed by atoms with Crippen molar-refractivity contribution in [3.05, 3.63) is 47.2 Å². The highest BCUT2D eigenvalue weighted by Crippen LogP contribution is 2.26. The number of ketones is 1. The van der Waals surface area contributed by atoms with Crippen molar-refractivity contribution in [1.82, 2.24) is 4.90 Å². The first kappa shape index (κ1) is 18.5. The van der Waals surface area contributed by atoms with Crippen molar-refractivity contribution in [2.75, 3.05) is 14.1 Å². The second-order valence-corrected chi connectivity index (χ2v) is 6.34. The van der Waals surface area contributed by atoms with Crippen LogP contribution in [0.5, 0.6) is 0 Å². The van der Waals surface area contributed by atoms with Gasteiger partial charge >= 0.3 is 0 Å². The van der Waals surface area contributed by atoms with Crippen LogP contribution >= 0.6 is 0 Å². The van der Waals surface area contributed by atoms with Crippen LogP contribution in [-0.4, -0.2) is 24.8 Å². The highest BCUT2D eigenvalue weighted by molar-refractivity contribution is 6.08. The number of nitrogens with zero attached hydrogens (tertiary/aromatic N) is 1. The molecule has 1 aromatic carbocycles. The Bertz CT molecular complexity index is 485. The number of rotatable bonds is 9. The minimum atomic E-state index is 0.178. The summed E-state index contributed by atoms with van der Waals surface area (Å²) in [4.78, 5) is 14.9. The van der Waals surface area contributed by atoms with Crippen molar-refractivity contribution in [2.24, 2.45) is 5.92 Å². The number of benzene rings is 1. The number of carbonyl (C=O) groups excluding carboxylic acids is 1. The molecule has 1 aromatic rings. The molecule has 0 aromatic heterocycles. The number of hydrogen-bond donors (Lipinski definition) is 0. The van der Waals surface area contributed by atoms with Crippen molar-refractivity contribution >= 4 is 5.78 Å². The molecule has 0 radical (unpaired) electrons. The van der Waals surface area contributed by atoms with Gasteiger partial charge in [0.2, 0.25) is 0 Å². The smallest absolute Gasteiger partial charge is 0.190 e. The average molecular weight is 301 g/mol. The van der Waals surface area contributed by atoms with E-state index >= 15 is 0 Å². The average Bonchev–Trinajstić information content (AvgIpc) is 2.50. The van der Waals surface area contributed by atoms with Crippen LogP contribution in [0.25, 0.3) is 0 Å². The summed E-state index contributed by atoms with van der Waals surface area (Å²) in [5.41, 5.74) is 2.93. The number of unbranched alkanes of at least 4 members (excludes halogenated alkanes) is 2. The fourth-order valence-corrected chi connectivity index (χ4v) is 2.72. The molecule has 0 aliphatic rings. The monoisotopic (exact) mass is 301 g/mol. The van der Waals surface area contributed by atoms with Crippen molar-refractivity contribution in [2.45, 2.75) is 52.9 Å². The summed E-state index contributed by atoms with van der Waals surface area (Å²) in [6, 6.07) is 7.91. The first-order valence-corrected chi connectivity index (χ1v) is 8.49. The Hall–Kier alpha value is -1.57. The lowest BCUT2D eigenvalue weighted by molar-refractivity contribution is 0.101. The predicted molar refractivity (Wildman–Crippen MR) is 95.2 cm³/mol. The Morgan fingerprint density at radius 1 is 1.14 bits per heavy atom. The molecule has 0 saturated heterocycles. The van der Waals surface area contributed by atoms with Gasteiger partial charge < -0.3 is 4.90 Å². The summed E-state index contributed by atoms with van der Waals surface area (Å²) in [6.45, 7) is 6.45. The number of allylic oxidation sites excluding steroid dienone is 1. The van der Waals surface area contributed by atoms with E-state index in [2.05, 4.69) is 13.8 Å². The lowest BCUT2D eigenvalue weighted by Crippen LogP contribution is -2.17. The van der Waals surface area contributed by atoms with Crippen LogP contribution in [-0.2, 0) is 0 Å². The molecule has 22 heavy (non-hydrogen) atoms. The van der Waals surface area contributed by atoms with Crippen LogP contribution in [0.3, 0.4) is 0 Å². The molecular weight excluding hydrogens is 270 g/mol. The van der Waals surface area contributed by atoms with Crippen LogP contribution < -0.4 is 0 Å². The third kappa shape index (κ3) is 5.67. The molecular formula is C20H31NO. The molecule has 1 unspecified atom stereocenters. The van der Waals surface area contributed by atoms with E-state index in [9.17, 15) is 4.79 Å². The van der Waals surface area contributed by atoms with E-state index in [1.54, 1.807) is 0 Å². The molecule has 0 spiro atoms. The molecule has 1 rings (SSSR count). The second-order valence-electron chi connectivity index (χ2n) is 6.34. The lowest BCUT2D eigenvalue weighted by atomic mass is 9.86. The van der Waals surface area contributed by atoms with Gasteiger partial charge in [-0.05, 0) is 25.7 Å². The Balaban J connectivity index is 3.00. The summed E-state index contributed by atoms with van der Waals surface area (Å²) in [7, 11) is 3.97. The van der Waals surface area contributed by atoms with Gasteiger partial charge in [0, 0.05) is 31.4 Å². The van der Waals surface area contributed by atoms with Gasteiger partial charge in [-0.1, -0.05) is 62.9 Å². The summed E-state index contributed by atoms with van der Waals surface area (Å²) < 4.78 is 0. The molecule has 1 atom stereocenters. The predicted octanol–water partition coefficient (Wildman–Crippen LogP) is 5.23. The molecule has 0 bridgehead atoms. The van der Waals surface area contributed by atoms with Crippen LogP contribution in [0.2, 0.25) is 0 Å². The Morgan fingerprint density at radius 3 is 2.27 bits per heavy atom. The van der Waals surface area contributed by atoms with E-state index in [4.69, 9.17) is 0 Å². The SMILES string of the molecule is CCCCCC(CC)/C(=C/N(C)C)C(=O)c1ccc(C)cc1. The van der Waals surface area contributed by atoms with Crippen molar-refractivity contribution in [1.29, 1.82) is 0 Å². The molecule has 0 saturated carbocycles. The molecule has 2 heteroatoms. The summed E-state index contributed by atoms with van der Waals surface area (Å²) >= 11 is 0. The zero-order valence-corrected chi connectivity index (χ0v) is 14.9. The van der Waals surface area contributed by atoms with E-state index in [-0.39, 0.29) is 5.78 Å². The van der Waals surface area contributed by atoms with Crippen LogP contribution in [0, 0.1) is 12.8 Å². The topological polar surface area (TPSA) is 20.3 Å². The van der Waals surface area contributed by atoms with Gasteiger partial charge in [0.05, 0.1) is 0 Å². The van der Waals surface area contributed by atoms with Gasteiger partial charge in [0.1, 0.15) is 0 Å². The quantitative estimate of drug-likeness (QED) is 0.353. The summed E-state index contributed by atoms with van der Waals surface area (Å²) in [5, 5.41) is 0. The second kappa shape index (κ2) is 9.45. The fraction of sp³-hybridized carbons (Fsp3) is 0.550. The number of carbonyl (C=O) groups is 1. The maximum Gasteiger partial charge on any atom is 0.190 e. The maximum atomic E-state index is 12.9. The molecule has 0 aliphatic carbocycles. The molecule has 0 amide bonds. The summed E-state index contributed by atoms with van der Waals surface area (Å²) in [6.07, 6.45) is 7.78.